The summed E-state index contributed by atoms with van der Waals surface area (Å²) in [6, 6.07) is 3.59. The van der Waals surface area contributed by atoms with E-state index in [1.54, 1.807) is 9.58 Å². The molecule has 1 N–H and O–H groups in total. The van der Waals surface area contributed by atoms with Crippen molar-refractivity contribution in [3.05, 3.63) is 29.3 Å². The highest BCUT2D eigenvalue weighted by atomic mass is 16.2. The van der Waals surface area contributed by atoms with Crippen molar-refractivity contribution in [2.24, 2.45) is 7.05 Å². The Morgan fingerprint density at radius 3 is 2.74 bits per heavy atom. The number of aryl methyl sites for hydroxylation is 4. The minimum absolute atomic E-state index is 0.0577. The zero-order chi connectivity index (χ0) is 16.6. The molecule has 2 aromatic rings. The van der Waals surface area contributed by atoms with Crippen LogP contribution in [0.4, 0.5) is 11.6 Å². The third-order valence-electron chi connectivity index (χ3n) is 4.03. The Labute approximate surface area is 135 Å². The van der Waals surface area contributed by atoms with Crippen LogP contribution in [0.25, 0.3) is 0 Å². The lowest BCUT2D eigenvalue weighted by molar-refractivity contribution is -0.117. The molecular weight excluding hydrogens is 292 g/mol. The molecule has 2 aromatic heterocycles. The number of anilines is 2. The SMILES string of the molecule is CCc1cc(N[C@H]2CCN(c3cc(C)nn3C)C2=O)nc(C)n1. The molecule has 0 bridgehead atoms. The Kier molecular flexibility index (Phi) is 4.02. The summed E-state index contributed by atoms with van der Waals surface area (Å²) in [5, 5.41) is 7.58. The molecule has 3 rings (SSSR count). The van der Waals surface area contributed by atoms with Crippen LogP contribution in [0.1, 0.15) is 30.6 Å². The van der Waals surface area contributed by atoms with E-state index in [1.807, 2.05) is 33.0 Å². The number of rotatable bonds is 4. The molecule has 3 heterocycles. The summed E-state index contributed by atoms with van der Waals surface area (Å²) < 4.78 is 1.75. The van der Waals surface area contributed by atoms with Crippen LogP contribution in [0, 0.1) is 13.8 Å². The van der Waals surface area contributed by atoms with Crippen molar-refractivity contribution in [1.29, 1.82) is 0 Å². The number of hydrogen-bond acceptors (Lipinski definition) is 5. The van der Waals surface area contributed by atoms with Gasteiger partial charge in [0.05, 0.1) is 5.69 Å². The third kappa shape index (κ3) is 3.04. The van der Waals surface area contributed by atoms with Crippen LogP contribution in [0.15, 0.2) is 12.1 Å². The molecule has 0 aromatic carbocycles. The Hall–Kier alpha value is -2.44. The van der Waals surface area contributed by atoms with Crippen molar-refractivity contribution < 1.29 is 4.79 Å². The van der Waals surface area contributed by atoms with E-state index < -0.39 is 0 Å². The zero-order valence-corrected chi connectivity index (χ0v) is 14.0. The van der Waals surface area contributed by atoms with Crippen molar-refractivity contribution in [1.82, 2.24) is 19.7 Å². The number of amides is 1. The van der Waals surface area contributed by atoms with Gasteiger partial charge in [-0.2, -0.15) is 5.10 Å². The van der Waals surface area contributed by atoms with Gasteiger partial charge < -0.3 is 5.32 Å². The van der Waals surface area contributed by atoms with E-state index in [-0.39, 0.29) is 11.9 Å². The average Bonchev–Trinajstić information content (AvgIpc) is 3.01. The Morgan fingerprint density at radius 2 is 2.09 bits per heavy atom. The molecule has 122 valence electrons. The predicted molar refractivity (Wildman–Crippen MR) is 88.5 cm³/mol. The van der Waals surface area contributed by atoms with E-state index in [0.717, 1.165) is 41.7 Å². The molecule has 0 saturated carbocycles. The summed E-state index contributed by atoms with van der Waals surface area (Å²) in [4.78, 5) is 23.2. The van der Waals surface area contributed by atoms with Crippen LogP contribution in [-0.2, 0) is 18.3 Å². The summed E-state index contributed by atoms with van der Waals surface area (Å²) in [5.74, 6) is 2.33. The molecule has 1 fully saturated rings. The molecule has 1 atom stereocenters. The van der Waals surface area contributed by atoms with Gasteiger partial charge in [0.1, 0.15) is 23.5 Å². The van der Waals surface area contributed by atoms with Crippen LogP contribution in [0.5, 0.6) is 0 Å². The quantitative estimate of drug-likeness (QED) is 0.928. The monoisotopic (exact) mass is 314 g/mol. The molecule has 0 unspecified atom stereocenters. The van der Waals surface area contributed by atoms with E-state index >= 15 is 0 Å². The molecular formula is C16H22N6O. The zero-order valence-electron chi connectivity index (χ0n) is 14.0. The fraction of sp³-hybridized carbons (Fsp3) is 0.500. The Bertz CT molecular complexity index is 738. The lowest BCUT2D eigenvalue weighted by Crippen LogP contribution is -2.34. The maximum Gasteiger partial charge on any atom is 0.250 e. The highest BCUT2D eigenvalue weighted by Crippen LogP contribution is 2.23. The largest absolute Gasteiger partial charge is 0.358 e. The van der Waals surface area contributed by atoms with Crippen LogP contribution in [0.3, 0.4) is 0 Å². The first-order valence-corrected chi connectivity index (χ1v) is 7.91. The molecule has 7 heteroatoms. The maximum absolute atomic E-state index is 12.7. The Balaban J connectivity index is 1.77. The van der Waals surface area contributed by atoms with Crippen molar-refractivity contribution in [3.8, 4) is 0 Å². The van der Waals surface area contributed by atoms with Gasteiger partial charge in [-0.25, -0.2) is 9.97 Å². The van der Waals surface area contributed by atoms with Gasteiger partial charge in [0.15, 0.2) is 0 Å². The van der Waals surface area contributed by atoms with Crippen molar-refractivity contribution in [3.63, 3.8) is 0 Å². The minimum atomic E-state index is -0.260. The highest BCUT2D eigenvalue weighted by molar-refractivity contribution is 6.00. The van der Waals surface area contributed by atoms with Crippen LogP contribution < -0.4 is 10.2 Å². The molecule has 0 aliphatic carbocycles. The summed E-state index contributed by atoms with van der Waals surface area (Å²) in [5.41, 5.74) is 1.88. The van der Waals surface area contributed by atoms with Crippen LogP contribution in [0.2, 0.25) is 0 Å². The summed E-state index contributed by atoms with van der Waals surface area (Å²) >= 11 is 0. The van der Waals surface area contributed by atoms with Gasteiger partial charge in [0.2, 0.25) is 0 Å². The normalized spacial score (nSPS) is 17.8. The van der Waals surface area contributed by atoms with E-state index in [9.17, 15) is 4.79 Å². The fourth-order valence-electron chi connectivity index (χ4n) is 2.95. The second-order valence-electron chi connectivity index (χ2n) is 5.89. The third-order valence-corrected chi connectivity index (χ3v) is 4.03. The van der Waals surface area contributed by atoms with E-state index in [1.165, 1.54) is 0 Å². The van der Waals surface area contributed by atoms with Crippen molar-refractivity contribution >= 4 is 17.5 Å². The van der Waals surface area contributed by atoms with Gasteiger partial charge >= 0.3 is 0 Å². The molecule has 1 saturated heterocycles. The second-order valence-corrected chi connectivity index (χ2v) is 5.89. The lowest BCUT2D eigenvalue weighted by Gasteiger charge is -2.17. The standard InChI is InChI=1S/C16H22N6O/c1-5-12-9-14(18-11(3)17-12)19-13-6-7-22(16(13)23)15-8-10(2)20-21(15)4/h8-9,13H,5-7H2,1-4H3,(H,17,18,19)/t13-/m0/s1. The van der Waals surface area contributed by atoms with Gasteiger partial charge in [-0.3, -0.25) is 14.4 Å². The average molecular weight is 314 g/mol. The minimum Gasteiger partial charge on any atom is -0.358 e. The number of hydrogen-bond donors (Lipinski definition) is 1. The maximum atomic E-state index is 12.7. The second kappa shape index (κ2) is 5.98. The van der Waals surface area contributed by atoms with Crippen LogP contribution >= 0.6 is 0 Å². The number of nitrogens with one attached hydrogen (secondary N) is 1. The van der Waals surface area contributed by atoms with Gasteiger partial charge in [0.25, 0.3) is 5.91 Å². The number of carbonyl (C=O) groups is 1. The molecule has 0 spiro atoms. The number of carbonyl (C=O) groups excluding carboxylic acids is 1. The Morgan fingerprint density at radius 1 is 1.30 bits per heavy atom. The smallest absolute Gasteiger partial charge is 0.250 e. The fourth-order valence-corrected chi connectivity index (χ4v) is 2.95. The molecule has 23 heavy (non-hydrogen) atoms. The number of nitrogens with zero attached hydrogens (tertiary/aromatic N) is 5. The van der Waals surface area contributed by atoms with Crippen LogP contribution in [-0.4, -0.2) is 38.2 Å². The topological polar surface area (TPSA) is 75.9 Å². The van der Waals surface area contributed by atoms with Gasteiger partial charge in [-0.1, -0.05) is 6.92 Å². The van der Waals surface area contributed by atoms with E-state index in [4.69, 9.17) is 0 Å². The predicted octanol–water partition coefficient (Wildman–Crippen LogP) is 1.61. The molecule has 1 amide bonds. The van der Waals surface area contributed by atoms with Gasteiger partial charge in [-0.05, 0) is 26.7 Å². The van der Waals surface area contributed by atoms with E-state index in [0.29, 0.717) is 6.54 Å². The summed E-state index contributed by atoms with van der Waals surface area (Å²) in [7, 11) is 1.86. The number of aromatic nitrogens is 4. The summed E-state index contributed by atoms with van der Waals surface area (Å²) in [6.07, 6.45) is 1.59. The summed E-state index contributed by atoms with van der Waals surface area (Å²) in [6.45, 7) is 6.53. The first-order valence-electron chi connectivity index (χ1n) is 7.91. The lowest BCUT2D eigenvalue weighted by atomic mass is 10.2. The molecule has 1 aliphatic heterocycles. The molecule has 0 radical (unpaired) electrons. The van der Waals surface area contributed by atoms with Gasteiger partial charge in [-0.15, -0.1) is 0 Å². The van der Waals surface area contributed by atoms with Crippen molar-refractivity contribution in [2.45, 2.75) is 39.7 Å². The highest BCUT2D eigenvalue weighted by Gasteiger charge is 2.34. The first kappa shape index (κ1) is 15.5. The first-order chi connectivity index (χ1) is 11.0. The van der Waals surface area contributed by atoms with E-state index in [2.05, 4.69) is 27.3 Å². The van der Waals surface area contributed by atoms with Crippen molar-refractivity contribution in [2.75, 3.05) is 16.8 Å². The molecule has 7 nitrogen and oxygen atoms in total. The molecule has 1 aliphatic rings. The van der Waals surface area contributed by atoms with Gasteiger partial charge in [0, 0.05) is 31.4 Å².